The number of hydrogen-bond acceptors (Lipinski definition) is 6. The lowest BCUT2D eigenvalue weighted by molar-refractivity contribution is -0.0532. The molecule has 2 N–H and O–H groups in total. The zero-order valence-electron chi connectivity index (χ0n) is 14.4. The van der Waals surface area contributed by atoms with Crippen molar-refractivity contribution < 1.29 is 18.9 Å². The molecule has 1 heterocycles. The molecular weight excluding hydrogens is 320 g/mol. The van der Waals surface area contributed by atoms with E-state index in [4.69, 9.17) is 18.9 Å². The first-order valence-corrected chi connectivity index (χ1v) is 8.42. The molecule has 0 unspecified atom stereocenters. The van der Waals surface area contributed by atoms with Gasteiger partial charge in [-0.15, -0.1) is 0 Å². The van der Waals surface area contributed by atoms with Crippen LogP contribution in [-0.2, 0) is 16.0 Å². The van der Waals surface area contributed by atoms with Crippen LogP contribution in [0.25, 0.3) is 0 Å². The summed E-state index contributed by atoms with van der Waals surface area (Å²) in [6.45, 7) is 2.48. The second kappa shape index (κ2) is 9.27. The van der Waals surface area contributed by atoms with Crippen LogP contribution in [0, 0.1) is 0 Å². The van der Waals surface area contributed by atoms with Crippen LogP contribution in [-0.4, -0.2) is 33.2 Å². The van der Waals surface area contributed by atoms with E-state index in [9.17, 15) is 0 Å². The molecule has 2 aromatic rings. The molecule has 1 saturated heterocycles. The minimum Gasteiger partial charge on any atom is -0.493 e. The molecule has 0 atom stereocenters. The SMILES string of the molecule is COc1ccc(CNNc2ccccc2)cc1OCCC1OCCO1. The zero-order chi connectivity index (χ0) is 17.3. The predicted molar refractivity (Wildman–Crippen MR) is 95.7 cm³/mol. The third kappa shape index (κ3) is 5.35. The van der Waals surface area contributed by atoms with Crippen molar-refractivity contribution in [2.75, 3.05) is 32.4 Å². The van der Waals surface area contributed by atoms with Crippen molar-refractivity contribution in [1.82, 2.24) is 5.43 Å². The molecule has 3 rings (SSSR count). The fourth-order valence-corrected chi connectivity index (χ4v) is 2.55. The van der Waals surface area contributed by atoms with Gasteiger partial charge in [-0.1, -0.05) is 24.3 Å². The standard InChI is InChI=1S/C19H24N2O4/c1-22-17-8-7-15(14-20-21-16-5-3-2-4-6-16)13-18(17)23-10-9-19-24-11-12-25-19/h2-8,13,19-21H,9-12,14H2,1H3. The van der Waals surface area contributed by atoms with E-state index >= 15 is 0 Å². The molecule has 0 aliphatic carbocycles. The largest absolute Gasteiger partial charge is 0.493 e. The Labute approximate surface area is 148 Å². The lowest BCUT2D eigenvalue weighted by atomic mass is 10.2. The zero-order valence-corrected chi connectivity index (χ0v) is 14.4. The second-order valence-electron chi connectivity index (χ2n) is 5.64. The first-order valence-electron chi connectivity index (χ1n) is 8.42. The Morgan fingerprint density at radius 2 is 1.84 bits per heavy atom. The van der Waals surface area contributed by atoms with Crippen molar-refractivity contribution in [1.29, 1.82) is 0 Å². The van der Waals surface area contributed by atoms with Crippen LogP contribution in [0.1, 0.15) is 12.0 Å². The molecule has 25 heavy (non-hydrogen) atoms. The van der Waals surface area contributed by atoms with Gasteiger partial charge in [-0.3, -0.25) is 0 Å². The molecule has 0 saturated carbocycles. The van der Waals surface area contributed by atoms with Crippen LogP contribution in [0.5, 0.6) is 11.5 Å². The summed E-state index contributed by atoms with van der Waals surface area (Å²) in [7, 11) is 1.64. The summed E-state index contributed by atoms with van der Waals surface area (Å²) in [4.78, 5) is 0. The Bertz CT molecular complexity index is 645. The monoisotopic (exact) mass is 344 g/mol. The Hall–Kier alpha value is -2.28. The van der Waals surface area contributed by atoms with E-state index in [-0.39, 0.29) is 6.29 Å². The van der Waals surface area contributed by atoms with E-state index in [1.807, 2.05) is 48.5 Å². The highest BCUT2D eigenvalue weighted by atomic mass is 16.7. The van der Waals surface area contributed by atoms with Gasteiger partial charge in [0.1, 0.15) is 0 Å². The molecule has 0 aromatic heterocycles. The minimum absolute atomic E-state index is 0.161. The molecule has 0 radical (unpaired) electrons. The minimum atomic E-state index is -0.161. The van der Waals surface area contributed by atoms with E-state index in [1.54, 1.807) is 7.11 Å². The van der Waals surface area contributed by atoms with Crippen LogP contribution in [0.2, 0.25) is 0 Å². The molecule has 0 bridgehead atoms. The number of nitrogens with one attached hydrogen (secondary N) is 2. The van der Waals surface area contributed by atoms with Crippen LogP contribution >= 0.6 is 0 Å². The quantitative estimate of drug-likeness (QED) is 0.682. The Morgan fingerprint density at radius 3 is 2.60 bits per heavy atom. The summed E-state index contributed by atoms with van der Waals surface area (Å²) in [6.07, 6.45) is 0.534. The highest BCUT2D eigenvalue weighted by Gasteiger charge is 2.16. The van der Waals surface area contributed by atoms with Gasteiger partial charge in [-0.25, -0.2) is 5.43 Å². The normalized spacial score (nSPS) is 14.4. The maximum Gasteiger partial charge on any atom is 0.161 e. The highest BCUT2D eigenvalue weighted by molar-refractivity contribution is 5.44. The summed E-state index contributed by atoms with van der Waals surface area (Å²) < 4.78 is 22.1. The fraction of sp³-hybridized carbons (Fsp3) is 0.368. The van der Waals surface area contributed by atoms with Gasteiger partial charge < -0.3 is 24.4 Å². The molecule has 6 nitrogen and oxygen atoms in total. The number of hydrazine groups is 1. The molecule has 0 amide bonds. The summed E-state index contributed by atoms with van der Waals surface area (Å²) in [5.74, 6) is 1.44. The topological polar surface area (TPSA) is 61.0 Å². The van der Waals surface area contributed by atoms with Crippen molar-refractivity contribution in [2.24, 2.45) is 0 Å². The molecule has 2 aromatic carbocycles. The fourth-order valence-electron chi connectivity index (χ4n) is 2.55. The maximum atomic E-state index is 5.86. The molecule has 134 valence electrons. The van der Waals surface area contributed by atoms with Gasteiger partial charge in [-0.2, -0.15) is 0 Å². The third-order valence-electron chi connectivity index (χ3n) is 3.83. The molecular formula is C19H24N2O4. The number of hydrogen-bond donors (Lipinski definition) is 2. The lowest BCUT2D eigenvalue weighted by Gasteiger charge is -2.14. The summed E-state index contributed by atoms with van der Waals surface area (Å²) in [5.41, 5.74) is 8.47. The van der Waals surface area contributed by atoms with Crippen molar-refractivity contribution in [3.63, 3.8) is 0 Å². The number of anilines is 1. The molecule has 1 aliphatic heterocycles. The van der Waals surface area contributed by atoms with Gasteiger partial charge in [0, 0.05) is 18.7 Å². The van der Waals surface area contributed by atoms with E-state index < -0.39 is 0 Å². The van der Waals surface area contributed by atoms with Gasteiger partial charge in [-0.05, 0) is 29.8 Å². The number of para-hydroxylation sites is 1. The summed E-state index contributed by atoms with van der Waals surface area (Å²) in [5, 5.41) is 0. The highest BCUT2D eigenvalue weighted by Crippen LogP contribution is 2.28. The third-order valence-corrected chi connectivity index (χ3v) is 3.83. The Morgan fingerprint density at radius 1 is 1.04 bits per heavy atom. The Balaban J connectivity index is 1.51. The second-order valence-corrected chi connectivity index (χ2v) is 5.64. The van der Waals surface area contributed by atoms with E-state index in [2.05, 4.69) is 10.9 Å². The molecule has 0 spiro atoms. The van der Waals surface area contributed by atoms with Gasteiger partial charge in [0.2, 0.25) is 0 Å². The van der Waals surface area contributed by atoms with Gasteiger partial charge in [0.05, 0.1) is 26.9 Å². The van der Waals surface area contributed by atoms with Crippen molar-refractivity contribution in [3.8, 4) is 11.5 Å². The predicted octanol–water partition coefficient (Wildman–Crippen LogP) is 2.95. The van der Waals surface area contributed by atoms with Gasteiger partial charge in [0.15, 0.2) is 17.8 Å². The van der Waals surface area contributed by atoms with Crippen LogP contribution < -0.4 is 20.3 Å². The molecule has 1 fully saturated rings. The lowest BCUT2D eigenvalue weighted by Crippen LogP contribution is -2.20. The van der Waals surface area contributed by atoms with E-state index in [0.29, 0.717) is 38.5 Å². The number of methoxy groups -OCH3 is 1. The first kappa shape index (κ1) is 17.5. The van der Waals surface area contributed by atoms with Crippen molar-refractivity contribution >= 4 is 5.69 Å². The van der Waals surface area contributed by atoms with Crippen molar-refractivity contribution in [3.05, 3.63) is 54.1 Å². The maximum absolute atomic E-state index is 5.86. The molecule has 6 heteroatoms. The number of rotatable bonds is 9. The van der Waals surface area contributed by atoms with Crippen LogP contribution in [0.4, 0.5) is 5.69 Å². The first-order chi connectivity index (χ1) is 12.3. The molecule has 1 aliphatic rings. The smallest absolute Gasteiger partial charge is 0.161 e. The van der Waals surface area contributed by atoms with Crippen molar-refractivity contribution in [2.45, 2.75) is 19.3 Å². The average Bonchev–Trinajstić information content (AvgIpc) is 3.16. The van der Waals surface area contributed by atoms with E-state index in [1.165, 1.54) is 0 Å². The Kier molecular flexibility index (Phi) is 6.50. The van der Waals surface area contributed by atoms with E-state index in [0.717, 1.165) is 17.0 Å². The van der Waals surface area contributed by atoms with Crippen LogP contribution in [0.15, 0.2) is 48.5 Å². The van der Waals surface area contributed by atoms with Gasteiger partial charge in [0.25, 0.3) is 0 Å². The summed E-state index contributed by atoms with van der Waals surface area (Å²) in [6, 6.07) is 15.9. The number of ether oxygens (including phenoxy) is 4. The van der Waals surface area contributed by atoms with Gasteiger partial charge >= 0.3 is 0 Å². The average molecular weight is 344 g/mol. The number of benzene rings is 2. The van der Waals surface area contributed by atoms with Crippen LogP contribution in [0.3, 0.4) is 0 Å². The summed E-state index contributed by atoms with van der Waals surface area (Å²) >= 11 is 0.